The fourth-order valence-corrected chi connectivity index (χ4v) is 9.14. The number of hydrogen-bond acceptors (Lipinski definition) is 9. The summed E-state index contributed by atoms with van der Waals surface area (Å²) in [6.45, 7) is 8.18. The molecule has 2 bridgehead atoms. The van der Waals surface area contributed by atoms with Crippen molar-refractivity contribution >= 4 is 34.4 Å². The average Bonchev–Trinajstić information content (AvgIpc) is 3.68. The van der Waals surface area contributed by atoms with Crippen molar-refractivity contribution < 1.29 is 32.5 Å². The van der Waals surface area contributed by atoms with Gasteiger partial charge >= 0.3 is 12.1 Å². The van der Waals surface area contributed by atoms with Crippen LogP contribution in [0, 0.1) is 5.82 Å². The molecule has 0 radical (unpaired) electrons. The van der Waals surface area contributed by atoms with Gasteiger partial charge in [0.05, 0.1) is 23.1 Å². The van der Waals surface area contributed by atoms with Gasteiger partial charge in [-0.15, -0.1) is 0 Å². The molecule has 10 nitrogen and oxygen atoms in total. The fraction of sp³-hybridized carbons (Fsp3) is 0.605. The quantitative estimate of drug-likeness (QED) is 0.208. The minimum absolute atomic E-state index is 0.0290. The molecule has 3 aromatic rings. The number of carbonyl (C=O) groups excluding carboxylic acids is 1. The average molecular weight is 726 g/mol. The number of aromatic nitrogens is 2. The third kappa shape index (κ3) is 6.68. The van der Waals surface area contributed by atoms with Gasteiger partial charge in [0, 0.05) is 49.1 Å². The van der Waals surface area contributed by atoms with Gasteiger partial charge in [-0.05, 0) is 107 Å². The molecule has 4 aliphatic heterocycles. The van der Waals surface area contributed by atoms with Crippen LogP contribution in [0.5, 0.6) is 11.8 Å². The molecule has 0 spiro atoms. The van der Waals surface area contributed by atoms with E-state index in [-0.39, 0.29) is 49.0 Å². The van der Waals surface area contributed by atoms with E-state index in [1.807, 2.05) is 31.7 Å². The number of anilines is 1. The number of nitrogens with zero attached hydrogens (tertiary/aromatic N) is 5. The highest BCUT2D eigenvalue weighted by Gasteiger charge is 2.50. The summed E-state index contributed by atoms with van der Waals surface area (Å²) in [6, 6.07) is 6.82. The summed E-state index contributed by atoms with van der Waals surface area (Å²) in [5.74, 6) is 0.831. The zero-order chi connectivity index (χ0) is 35.7. The molecule has 2 aromatic carbocycles. The lowest BCUT2D eigenvalue weighted by molar-refractivity contribution is 0.0122. The minimum Gasteiger partial charge on any atom is -0.467 e. The zero-order valence-electron chi connectivity index (χ0n) is 29.7. The van der Waals surface area contributed by atoms with Crippen LogP contribution in [-0.4, -0.2) is 102 Å². The predicted molar refractivity (Wildman–Crippen MR) is 190 cm³/mol. The maximum atomic E-state index is 16.5. The standard InChI is InChI=1S/C38H46ClF2N5O5/c1-37(2,3)51-36(47)46-24-8-9-25(46)19-44(18-24)34-29-14-31(41)27(28-12-26(50-21-48-4)13-30(39)33(28)22-6-7-22)15-32(29)42-35(43-34)49-20-38-10-5-11-45(38)17-23(40)16-38/h12-15,22-25H,5-11,16-21H2,1-4H3/t23-,24?,25?,38+/m1/s1. The smallest absolute Gasteiger partial charge is 0.410 e. The van der Waals surface area contributed by atoms with Gasteiger partial charge in [-0.2, -0.15) is 9.97 Å². The molecule has 0 N–H and O–H groups in total. The number of piperazine rings is 1. The maximum absolute atomic E-state index is 16.5. The number of amides is 1. The SMILES string of the molecule is COCOc1cc(Cl)c(C2CC2)c(-c2cc3nc(OC[C@@]45CCCN4C[C@H](F)C5)nc(N4CC5CCC(C4)N5C(=O)OC(C)(C)C)c3cc2F)c1. The largest absolute Gasteiger partial charge is 0.467 e. The third-order valence-electron chi connectivity index (χ3n) is 11.1. The highest BCUT2D eigenvalue weighted by molar-refractivity contribution is 6.32. The van der Waals surface area contributed by atoms with Crippen molar-refractivity contribution in [2.75, 3.05) is 51.6 Å². The first kappa shape index (κ1) is 34.6. The van der Waals surface area contributed by atoms with Crippen molar-refractivity contribution in [1.82, 2.24) is 19.8 Å². The van der Waals surface area contributed by atoms with Gasteiger partial charge in [0.1, 0.15) is 35.8 Å². The number of methoxy groups -OCH3 is 1. The van der Waals surface area contributed by atoms with Crippen molar-refractivity contribution in [3.05, 3.63) is 40.7 Å². The summed E-state index contributed by atoms with van der Waals surface area (Å²) in [5, 5.41) is 1.07. The Morgan fingerprint density at radius 3 is 2.49 bits per heavy atom. The summed E-state index contributed by atoms with van der Waals surface area (Å²) in [4.78, 5) is 29.2. The second-order valence-corrected chi connectivity index (χ2v) is 16.3. The Bertz CT molecular complexity index is 1820. The lowest BCUT2D eigenvalue weighted by atomic mass is 9.94. The number of alkyl halides is 1. The van der Waals surface area contributed by atoms with Crippen molar-refractivity contribution in [2.24, 2.45) is 0 Å². The van der Waals surface area contributed by atoms with Crippen LogP contribution in [-0.2, 0) is 9.47 Å². The highest BCUT2D eigenvalue weighted by atomic mass is 35.5. The molecule has 1 saturated carbocycles. The number of carbonyl (C=O) groups is 1. The molecule has 4 saturated heterocycles. The molecule has 1 aliphatic carbocycles. The zero-order valence-corrected chi connectivity index (χ0v) is 30.5. The van der Waals surface area contributed by atoms with Gasteiger partial charge < -0.3 is 23.8 Å². The first-order valence-electron chi connectivity index (χ1n) is 18.2. The van der Waals surface area contributed by atoms with Crippen molar-refractivity contribution in [3.8, 4) is 22.9 Å². The van der Waals surface area contributed by atoms with Gasteiger partial charge in [0.2, 0.25) is 0 Å². The van der Waals surface area contributed by atoms with Crippen LogP contribution in [0.4, 0.5) is 19.4 Å². The Hall–Kier alpha value is -3.48. The summed E-state index contributed by atoms with van der Waals surface area (Å²) >= 11 is 6.82. The van der Waals surface area contributed by atoms with E-state index in [2.05, 4.69) is 9.80 Å². The Morgan fingerprint density at radius 2 is 1.78 bits per heavy atom. The Morgan fingerprint density at radius 1 is 1.02 bits per heavy atom. The summed E-state index contributed by atoms with van der Waals surface area (Å²) in [6.07, 6.45) is 4.68. The molecule has 5 fully saturated rings. The monoisotopic (exact) mass is 725 g/mol. The number of benzene rings is 2. The molecule has 5 aliphatic rings. The van der Waals surface area contributed by atoms with Crippen LogP contribution in [0.1, 0.15) is 77.2 Å². The minimum atomic E-state index is -0.889. The molecule has 5 heterocycles. The van der Waals surface area contributed by atoms with E-state index in [1.54, 1.807) is 12.1 Å². The molecular formula is C38H46ClF2N5O5. The van der Waals surface area contributed by atoms with Crippen LogP contribution >= 0.6 is 11.6 Å². The van der Waals surface area contributed by atoms with Crippen LogP contribution < -0.4 is 14.4 Å². The predicted octanol–water partition coefficient (Wildman–Crippen LogP) is 7.49. The molecule has 4 atom stereocenters. The second kappa shape index (κ2) is 13.2. The number of halogens is 3. The van der Waals surface area contributed by atoms with Crippen LogP contribution in [0.2, 0.25) is 5.02 Å². The normalized spacial score (nSPS) is 26.2. The summed E-state index contributed by atoms with van der Waals surface area (Å²) in [5.41, 5.74) is 1.43. The van der Waals surface area contributed by atoms with Gasteiger partial charge in [-0.25, -0.2) is 13.6 Å². The van der Waals surface area contributed by atoms with Gasteiger partial charge in [-0.3, -0.25) is 9.80 Å². The van der Waals surface area contributed by atoms with E-state index in [4.69, 9.17) is 40.5 Å². The molecule has 1 aromatic heterocycles. The Labute approximate surface area is 302 Å². The number of fused-ring (bicyclic) bond motifs is 4. The third-order valence-corrected chi connectivity index (χ3v) is 11.4. The lowest BCUT2D eigenvalue weighted by Gasteiger charge is -2.42. The van der Waals surface area contributed by atoms with Gasteiger partial charge in [-0.1, -0.05) is 11.6 Å². The van der Waals surface area contributed by atoms with Crippen molar-refractivity contribution in [2.45, 2.75) is 101 Å². The Kier molecular flexibility index (Phi) is 8.94. The number of hydrogen-bond donors (Lipinski definition) is 0. The van der Waals surface area contributed by atoms with Gasteiger partial charge in [0.25, 0.3) is 0 Å². The molecule has 13 heteroatoms. The van der Waals surface area contributed by atoms with Crippen molar-refractivity contribution in [1.29, 1.82) is 0 Å². The maximum Gasteiger partial charge on any atom is 0.410 e. The number of ether oxygens (including phenoxy) is 4. The molecule has 1 amide bonds. The van der Waals surface area contributed by atoms with E-state index in [9.17, 15) is 9.18 Å². The van der Waals surface area contributed by atoms with E-state index < -0.39 is 17.6 Å². The molecule has 2 unspecified atom stereocenters. The Balaban J connectivity index is 1.19. The molecular weight excluding hydrogens is 680 g/mol. The van der Waals surface area contributed by atoms with Crippen molar-refractivity contribution in [3.63, 3.8) is 0 Å². The first-order valence-corrected chi connectivity index (χ1v) is 18.5. The molecule has 51 heavy (non-hydrogen) atoms. The first-order chi connectivity index (χ1) is 24.4. The van der Waals surface area contributed by atoms with Crippen LogP contribution in [0.3, 0.4) is 0 Å². The van der Waals surface area contributed by atoms with E-state index in [1.165, 1.54) is 13.2 Å². The lowest BCUT2D eigenvalue weighted by Crippen LogP contribution is -2.57. The van der Waals surface area contributed by atoms with Crippen LogP contribution in [0.25, 0.3) is 22.0 Å². The van der Waals surface area contributed by atoms with E-state index >= 15 is 4.39 Å². The summed E-state index contributed by atoms with van der Waals surface area (Å²) < 4.78 is 54.2. The van der Waals surface area contributed by atoms with Crippen LogP contribution in [0.15, 0.2) is 24.3 Å². The van der Waals surface area contributed by atoms with Gasteiger partial charge in [0.15, 0.2) is 6.79 Å². The van der Waals surface area contributed by atoms with E-state index in [0.29, 0.717) is 64.7 Å². The fourth-order valence-electron chi connectivity index (χ4n) is 8.77. The summed E-state index contributed by atoms with van der Waals surface area (Å²) in [7, 11) is 1.54. The highest BCUT2D eigenvalue weighted by Crippen LogP contribution is 2.50. The molecule has 274 valence electrons. The van der Waals surface area contributed by atoms with E-state index in [0.717, 1.165) is 50.6 Å². The second-order valence-electron chi connectivity index (χ2n) is 15.9. The topological polar surface area (TPSA) is 89.5 Å². The molecule has 8 rings (SSSR count). The number of rotatable bonds is 9.